The average Bonchev–Trinajstić information content (AvgIpc) is 2.88. The Morgan fingerprint density at radius 2 is 2.23 bits per heavy atom. The van der Waals surface area contributed by atoms with E-state index in [1.165, 1.54) is 18.4 Å². The number of nitrogens with two attached hydrogens (primary N) is 1. The standard InChI is InChI=1S/C11H14BrN/c12-10-3-1-2-9(7-10)11(13)6-8-4-5-8/h1-3,7-8,11H,4-6,13H2/t11-/m1/s1. The maximum atomic E-state index is 6.08. The first-order valence-electron chi connectivity index (χ1n) is 4.77. The molecule has 0 aromatic heterocycles. The van der Waals surface area contributed by atoms with Crippen LogP contribution in [-0.2, 0) is 0 Å². The third-order valence-corrected chi connectivity index (χ3v) is 3.05. The van der Waals surface area contributed by atoms with Crippen LogP contribution in [0, 0.1) is 5.92 Å². The van der Waals surface area contributed by atoms with Crippen molar-refractivity contribution >= 4 is 15.9 Å². The summed E-state index contributed by atoms with van der Waals surface area (Å²) in [5, 5.41) is 0. The fourth-order valence-electron chi connectivity index (χ4n) is 1.59. The lowest BCUT2D eigenvalue weighted by Crippen LogP contribution is -2.10. The van der Waals surface area contributed by atoms with Gasteiger partial charge in [0.1, 0.15) is 0 Å². The Morgan fingerprint density at radius 1 is 1.46 bits per heavy atom. The molecular weight excluding hydrogens is 226 g/mol. The number of hydrogen-bond donors (Lipinski definition) is 1. The van der Waals surface area contributed by atoms with Crippen molar-refractivity contribution in [1.29, 1.82) is 0 Å². The van der Waals surface area contributed by atoms with Gasteiger partial charge < -0.3 is 5.73 Å². The van der Waals surface area contributed by atoms with Gasteiger partial charge in [0.2, 0.25) is 0 Å². The summed E-state index contributed by atoms with van der Waals surface area (Å²) < 4.78 is 1.12. The highest BCUT2D eigenvalue weighted by Gasteiger charge is 2.24. The predicted molar refractivity (Wildman–Crippen MR) is 58.4 cm³/mol. The molecule has 1 aliphatic rings. The van der Waals surface area contributed by atoms with Gasteiger partial charge in [-0.15, -0.1) is 0 Å². The molecule has 1 aliphatic carbocycles. The molecule has 1 fully saturated rings. The van der Waals surface area contributed by atoms with Gasteiger partial charge in [-0.3, -0.25) is 0 Å². The zero-order valence-electron chi connectivity index (χ0n) is 7.54. The maximum Gasteiger partial charge on any atom is 0.0297 e. The molecule has 0 unspecified atom stereocenters. The second kappa shape index (κ2) is 3.81. The summed E-state index contributed by atoms with van der Waals surface area (Å²) in [6.07, 6.45) is 3.90. The monoisotopic (exact) mass is 239 g/mol. The maximum absolute atomic E-state index is 6.08. The van der Waals surface area contributed by atoms with Crippen LogP contribution < -0.4 is 5.73 Å². The van der Waals surface area contributed by atoms with Crippen molar-refractivity contribution in [1.82, 2.24) is 0 Å². The molecule has 0 amide bonds. The van der Waals surface area contributed by atoms with Gasteiger partial charge >= 0.3 is 0 Å². The normalized spacial score (nSPS) is 18.6. The van der Waals surface area contributed by atoms with Gasteiger partial charge in [-0.2, -0.15) is 0 Å². The Balaban J connectivity index is 2.04. The zero-order chi connectivity index (χ0) is 9.26. The van der Waals surface area contributed by atoms with Crippen LogP contribution in [0.1, 0.15) is 30.9 Å². The summed E-state index contributed by atoms with van der Waals surface area (Å²) in [5.41, 5.74) is 7.34. The molecule has 1 aromatic rings. The fraction of sp³-hybridized carbons (Fsp3) is 0.455. The summed E-state index contributed by atoms with van der Waals surface area (Å²) in [4.78, 5) is 0. The van der Waals surface area contributed by atoms with Gasteiger partial charge in [-0.25, -0.2) is 0 Å². The number of hydrogen-bond acceptors (Lipinski definition) is 1. The Hall–Kier alpha value is -0.340. The van der Waals surface area contributed by atoms with Crippen LogP contribution in [0.5, 0.6) is 0 Å². The van der Waals surface area contributed by atoms with E-state index in [2.05, 4.69) is 28.1 Å². The van der Waals surface area contributed by atoms with Crippen LogP contribution >= 0.6 is 15.9 Å². The van der Waals surface area contributed by atoms with E-state index in [0.717, 1.165) is 16.8 Å². The van der Waals surface area contributed by atoms with Gasteiger partial charge in [0, 0.05) is 10.5 Å². The van der Waals surface area contributed by atoms with Gasteiger partial charge in [0.25, 0.3) is 0 Å². The highest BCUT2D eigenvalue weighted by Crippen LogP contribution is 2.36. The van der Waals surface area contributed by atoms with Crippen molar-refractivity contribution in [3.63, 3.8) is 0 Å². The van der Waals surface area contributed by atoms with Crippen molar-refractivity contribution in [3.8, 4) is 0 Å². The van der Waals surface area contributed by atoms with E-state index in [1.807, 2.05) is 12.1 Å². The molecule has 0 aliphatic heterocycles. The highest BCUT2D eigenvalue weighted by molar-refractivity contribution is 9.10. The SMILES string of the molecule is N[C@H](CC1CC1)c1cccc(Br)c1. The number of rotatable bonds is 3. The van der Waals surface area contributed by atoms with Gasteiger partial charge in [0.15, 0.2) is 0 Å². The van der Waals surface area contributed by atoms with Crippen LogP contribution in [0.4, 0.5) is 0 Å². The second-order valence-corrected chi connectivity index (χ2v) is 4.76. The van der Waals surface area contributed by atoms with Crippen LogP contribution in [0.2, 0.25) is 0 Å². The van der Waals surface area contributed by atoms with Gasteiger partial charge in [-0.1, -0.05) is 40.9 Å². The van der Waals surface area contributed by atoms with E-state index >= 15 is 0 Å². The van der Waals surface area contributed by atoms with Crippen molar-refractivity contribution < 1.29 is 0 Å². The Morgan fingerprint density at radius 3 is 2.85 bits per heavy atom. The molecule has 0 radical (unpaired) electrons. The smallest absolute Gasteiger partial charge is 0.0297 e. The number of halogens is 1. The van der Waals surface area contributed by atoms with Crippen LogP contribution in [0.3, 0.4) is 0 Å². The lowest BCUT2D eigenvalue weighted by atomic mass is 10.0. The molecule has 0 spiro atoms. The molecule has 2 rings (SSSR count). The molecule has 1 aromatic carbocycles. The van der Waals surface area contributed by atoms with E-state index in [1.54, 1.807) is 0 Å². The van der Waals surface area contributed by atoms with Gasteiger partial charge in [-0.05, 0) is 30.0 Å². The molecular formula is C11H14BrN. The molecule has 1 atom stereocenters. The lowest BCUT2D eigenvalue weighted by molar-refractivity contribution is 0.597. The molecule has 1 nitrogen and oxygen atoms in total. The second-order valence-electron chi connectivity index (χ2n) is 3.84. The third kappa shape index (κ3) is 2.55. The number of benzene rings is 1. The van der Waals surface area contributed by atoms with E-state index in [9.17, 15) is 0 Å². The van der Waals surface area contributed by atoms with E-state index < -0.39 is 0 Å². The molecule has 13 heavy (non-hydrogen) atoms. The first-order chi connectivity index (χ1) is 6.25. The molecule has 1 saturated carbocycles. The van der Waals surface area contributed by atoms with Crippen molar-refractivity contribution in [2.75, 3.05) is 0 Å². The minimum Gasteiger partial charge on any atom is -0.324 e. The third-order valence-electron chi connectivity index (χ3n) is 2.56. The van der Waals surface area contributed by atoms with Crippen LogP contribution in [0.25, 0.3) is 0 Å². The summed E-state index contributed by atoms with van der Waals surface area (Å²) in [7, 11) is 0. The molecule has 2 heteroatoms. The molecule has 2 N–H and O–H groups in total. The largest absolute Gasteiger partial charge is 0.324 e. The molecule has 0 heterocycles. The summed E-state index contributed by atoms with van der Waals surface area (Å²) in [6.45, 7) is 0. The lowest BCUT2D eigenvalue weighted by Gasteiger charge is -2.11. The highest BCUT2D eigenvalue weighted by atomic mass is 79.9. The van der Waals surface area contributed by atoms with E-state index in [4.69, 9.17) is 5.73 Å². The summed E-state index contributed by atoms with van der Waals surface area (Å²) >= 11 is 3.46. The van der Waals surface area contributed by atoms with Crippen LogP contribution in [-0.4, -0.2) is 0 Å². The molecule has 0 bridgehead atoms. The summed E-state index contributed by atoms with van der Waals surface area (Å²) in [6, 6.07) is 8.54. The Bertz CT molecular complexity index is 294. The zero-order valence-corrected chi connectivity index (χ0v) is 9.13. The van der Waals surface area contributed by atoms with E-state index in [0.29, 0.717) is 0 Å². The minimum absolute atomic E-state index is 0.227. The van der Waals surface area contributed by atoms with Crippen molar-refractivity contribution in [3.05, 3.63) is 34.3 Å². The quantitative estimate of drug-likeness (QED) is 0.862. The summed E-state index contributed by atoms with van der Waals surface area (Å²) in [5.74, 6) is 0.897. The molecule has 70 valence electrons. The Kier molecular flexibility index (Phi) is 2.70. The van der Waals surface area contributed by atoms with Crippen LogP contribution in [0.15, 0.2) is 28.7 Å². The van der Waals surface area contributed by atoms with Crippen molar-refractivity contribution in [2.24, 2.45) is 11.7 Å². The first kappa shape index (κ1) is 9.22. The minimum atomic E-state index is 0.227. The van der Waals surface area contributed by atoms with E-state index in [-0.39, 0.29) is 6.04 Å². The average molecular weight is 240 g/mol. The fourth-order valence-corrected chi connectivity index (χ4v) is 2.00. The Labute approximate surface area is 87.5 Å². The van der Waals surface area contributed by atoms with Crippen molar-refractivity contribution in [2.45, 2.75) is 25.3 Å². The predicted octanol–water partition coefficient (Wildman–Crippen LogP) is 3.25. The first-order valence-corrected chi connectivity index (χ1v) is 5.56. The van der Waals surface area contributed by atoms with Gasteiger partial charge in [0.05, 0.1) is 0 Å². The topological polar surface area (TPSA) is 26.0 Å². The molecule has 0 saturated heterocycles.